The van der Waals surface area contributed by atoms with Gasteiger partial charge in [0.25, 0.3) is 0 Å². The highest BCUT2D eigenvalue weighted by Crippen LogP contribution is 2.27. The van der Waals surface area contributed by atoms with Crippen LogP contribution in [0.1, 0.15) is 17.4 Å². The van der Waals surface area contributed by atoms with Crippen LogP contribution < -0.4 is 4.90 Å². The van der Waals surface area contributed by atoms with Crippen molar-refractivity contribution in [2.75, 3.05) is 37.6 Å². The summed E-state index contributed by atoms with van der Waals surface area (Å²) in [5.41, 5.74) is 2.89. The Morgan fingerprint density at radius 3 is 2.65 bits per heavy atom. The Labute approximate surface area is 150 Å². The SMILES string of the molecule is CCN1CCN(c2ccc(-c3cnc4ccc(C=O)nn34)cc2F)CC1. The molecule has 0 atom stereocenters. The predicted molar refractivity (Wildman–Crippen MR) is 98.1 cm³/mol. The van der Waals surface area contributed by atoms with Gasteiger partial charge < -0.3 is 9.80 Å². The van der Waals surface area contributed by atoms with Crippen molar-refractivity contribution in [3.8, 4) is 11.3 Å². The van der Waals surface area contributed by atoms with Crippen molar-refractivity contribution >= 4 is 17.6 Å². The first kappa shape index (κ1) is 16.7. The molecule has 1 aliphatic rings. The van der Waals surface area contributed by atoms with Crippen LogP contribution in [0.4, 0.5) is 10.1 Å². The molecule has 134 valence electrons. The molecule has 0 spiro atoms. The predicted octanol–water partition coefficient (Wildman–Crippen LogP) is 2.49. The fraction of sp³-hybridized carbons (Fsp3) is 0.316. The van der Waals surface area contributed by atoms with Crippen LogP contribution >= 0.6 is 0 Å². The molecule has 0 amide bonds. The van der Waals surface area contributed by atoms with E-state index in [0.29, 0.717) is 34.6 Å². The van der Waals surface area contributed by atoms with Gasteiger partial charge in [-0.05, 0) is 30.8 Å². The second-order valence-corrected chi connectivity index (χ2v) is 6.38. The smallest absolute Gasteiger partial charge is 0.170 e. The Balaban J connectivity index is 1.65. The third-order valence-electron chi connectivity index (χ3n) is 4.91. The second-order valence-electron chi connectivity index (χ2n) is 6.38. The maximum Gasteiger partial charge on any atom is 0.170 e. The molecule has 1 aliphatic heterocycles. The Morgan fingerprint density at radius 1 is 1.15 bits per heavy atom. The van der Waals surface area contributed by atoms with E-state index in [-0.39, 0.29) is 5.82 Å². The standard InChI is InChI=1S/C19H20FN5O/c1-2-23-7-9-24(10-8-23)17-5-3-14(11-16(17)20)18-12-21-19-6-4-15(13-26)22-25(18)19/h3-6,11-13H,2,7-10H2,1H3. The van der Waals surface area contributed by atoms with Crippen molar-refractivity contribution in [1.82, 2.24) is 19.5 Å². The molecule has 2 aromatic heterocycles. The van der Waals surface area contributed by atoms with Gasteiger partial charge >= 0.3 is 0 Å². The number of fused-ring (bicyclic) bond motifs is 1. The number of piperazine rings is 1. The third kappa shape index (κ3) is 2.94. The van der Waals surface area contributed by atoms with E-state index in [1.165, 1.54) is 6.07 Å². The summed E-state index contributed by atoms with van der Waals surface area (Å²) in [5.74, 6) is -0.256. The van der Waals surface area contributed by atoms with Gasteiger partial charge in [0.1, 0.15) is 11.5 Å². The monoisotopic (exact) mass is 353 g/mol. The molecule has 1 saturated heterocycles. The lowest BCUT2D eigenvalue weighted by Gasteiger charge is -2.35. The van der Waals surface area contributed by atoms with E-state index in [1.807, 2.05) is 12.1 Å². The van der Waals surface area contributed by atoms with E-state index < -0.39 is 0 Å². The minimum atomic E-state index is -0.256. The van der Waals surface area contributed by atoms with E-state index in [0.717, 1.165) is 32.7 Å². The number of imidazole rings is 1. The highest BCUT2D eigenvalue weighted by atomic mass is 19.1. The summed E-state index contributed by atoms with van der Waals surface area (Å²) in [6.45, 7) is 6.71. The largest absolute Gasteiger partial charge is 0.367 e. The van der Waals surface area contributed by atoms with Crippen molar-refractivity contribution in [1.29, 1.82) is 0 Å². The van der Waals surface area contributed by atoms with Gasteiger partial charge in [-0.1, -0.05) is 13.0 Å². The van der Waals surface area contributed by atoms with Crippen LogP contribution in [0.5, 0.6) is 0 Å². The van der Waals surface area contributed by atoms with Crippen molar-refractivity contribution in [2.45, 2.75) is 6.92 Å². The van der Waals surface area contributed by atoms with E-state index in [4.69, 9.17) is 0 Å². The molecule has 6 nitrogen and oxygen atoms in total. The van der Waals surface area contributed by atoms with Crippen LogP contribution in [0.2, 0.25) is 0 Å². The van der Waals surface area contributed by atoms with Crippen molar-refractivity contribution in [2.24, 2.45) is 0 Å². The number of carbonyl (C=O) groups is 1. The van der Waals surface area contributed by atoms with Gasteiger partial charge in [0.05, 0.1) is 17.6 Å². The first-order chi connectivity index (χ1) is 12.7. The Hall–Kier alpha value is -2.80. The average molecular weight is 353 g/mol. The third-order valence-corrected chi connectivity index (χ3v) is 4.91. The topological polar surface area (TPSA) is 53.7 Å². The average Bonchev–Trinajstić information content (AvgIpc) is 3.11. The second kappa shape index (κ2) is 6.84. The maximum atomic E-state index is 14.8. The molecule has 0 unspecified atom stereocenters. The molecule has 1 aromatic carbocycles. The molecule has 0 radical (unpaired) electrons. The molecule has 7 heteroatoms. The highest BCUT2D eigenvalue weighted by Gasteiger charge is 2.19. The first-order valence-electron chi connectivity index (χ1n) is 8.77. The summed E-state index contributed by atoms with van der Waals surface area (Å²) in [5, 5.41) is 4.24. The van der Waals surface area contributed by atoms with E-state index >= 15 is 0 Å². The number of aldehydes is 1. The van der Waals surface area contributed by atoms with Gasteiger partial charge in [-0.2, -0.15) is 5.10 Å². The molecule has 0 N–H and O–H groups in total. The number of nitrogens with zero attached hydrogens (tertiary/aromatic N) is 5. The lowest BCUT2D eigenvalue weighted by molar-refractivity contribution is 0.111. The number of halogens is 1. The summed E-state index contributed by atoms with van der Waals surface area (Å²) in [6, 6.07) is 8.54. The summed E-state index contributed by atoms with van der Waals surface area (Å²) in [4.78, 5) is 19.7. The van der Waals surface area contributed by atoms with Gasteiger partial charge in [-0.15, -0.1) is 0 Å². The summed E-state index contributed by atoms with van der Waals surface area (Å²) >= 11 is 0. The fourth-order valence-corrected chi connectivity index (χ4v) is 3.37. The van der Waals surface area contributed by atoms with Crippen LogP contribution in [-0.2, 0) is 0 Å². The normalized spacial score (nSPS) is 15.5. The number of likely N-dealkylation sites (N-methyl/N-ethyl adjacent to an activating group) is 1. The molecule has 0 bridgehead atoms. The number of benzene rings is 1. The van der Waals surface area contributed by atoms with E-state index in [2.05, 4.69) is 26.8 Å². The van der Waals surface area contributed by atoms with Crippen molar-refractivity contribution in [3.63, 3.8) is 0 Å². The molecular formula is C19H20FN5O. The molecule has 4 rings (SSSR count). The van der Waals surface area contributed by atoms with Crippen molar-refractivity contribution in [3.05, 3.63) is 48.0 Å². The Bertz CT molecular complexity index is 946. The van der Waals surface area contributed by atoms with Crippen LogP contribution in [0.15, 0.2) is 36.5 Å². The summed E-state index contributed by atoms with van der Waals surface area (Å²) in [7, 11) is 0. The van der Waals surface area contributed by atoms with E-state index in [1.54, 1.807) is 22.8 Å². The van der Waals surface area contributed by atoms with Gasteiger partial charge in [0.2, 0.25) is 0 Å². The maximum absolute atomic E-state index is 14.8. The van der Waals surface area contributed by atoms with Crippen LogP contribution in [0, 0.1) is 5.82 Å². The number of carbonyl (C=O) groups excluding carboxylic acids is 1. The molecular weight excluding hydrogens is 333 g/mol. The zero-order valence-electron chi connectivity index (χ0n) is 14.6. The minimum absolute atomic E-state index is 0.256. The lowest BCUT2D eigenvalue weighted by atomic mass is 10.1. The molecule has 3 heterocycles. The lowest BCUT2D eigenvalue weighted by Crippen LogP contribution is -2.46. The van der Waals surface area contributed by atoms with Gasteiger partial charge in [0, 0.05) is 31.7 Å². The number of anilines is 1. The first-order valence-corrected chi connectivity index (χ1v) is 8.77. The molecule has 0 saturated carbocycles. The van der Waals surface area contributed by atoms with Crippen LogP contribution in [0.25, 0.3) is 16.9 Å². The minimum Gasteiger partial charge on any atom is -0.367 e. The van der Waals surface area contributed by atoms with Crippen LogP contribution in [-0.4, -0.2) is 58.5 Å². The van der Waals surface area contributed by atoms with Gasteiger partial charge in [-0.25, -0.2) is 13.9 Å². The molecule has 0 aliphatic carbocycles. The number of aromatic nitrogens is 3. The molecule has 1 fully saturated rings. The zero-order valence-corrected chi connectivity index (χ0v) is 14.6. The summed E-state index contributed by atoms with van der Waals surface area (Å²) < 4.78 is 16.4. The van der Waals surface area contributed by atoms with Gasteiger partial charge in [-0.3, -0.25) is 4.79 Å². The molecule has 26 heavy (non-hydrogen) atoms. The Kier molecular flexibility index (Phi) is 4.38. The number of hydrogen-bond acceptors (Lipinski definition) is 5. The Morgan fingerprint density at radius 2 is 1.96 bits per heavy atom. The quantitative estimate of drug-likeness (QED) is 0.675. The number of rotatable bonds is 4. The molecule has 3 aromatic rings. The van der Waals surface area contributed by atoms with Crippen LogP contribution in [0.3, 0.4) is 0 Å². The summed E-state index contributed by atoms with van der Waals surface area (Å²) in [6.07, 6.45) is 2.33. The highest BCUT2D eigenvalue weighted by molar-refractivity contribution is 5.73. The van der Waals surface area contributed by atoms with E-state index in [9.17, 15) is 9.18 Å². The zero-order chi connectivity index (χ0) is 18.1. The van der Waals surface area contributed by atoms with Gasteiger partial charge in [0.15, 0.2) is 11.9 Å². The fourth-order valence-electron chi connectivity index (χ4n) is 3.37. The van der Waals surface area contributed by atoms with Crippen molar-refractivity contribution < 1.29 is 9.18 Å². The number of hydrogen-bond donors (Lipinski definition) is 0.